The molecule has 3 nitrogen and oxygen atoms in total. The van der Waals surface area contributed by atoms with Gasteiger partial charge in [-0.2, -0.15) is 0 Å². The van der Waals surface area contributed by atoms with Gasteiger partial charge in [-0.25, -0.2) is 4.79 Å². The van der Waals surface area contributed by atoms with Crippen molar-refractivity contribution in [1.29, 1.82) is 0 Å². The predicted molar refractivity (Wildman–Crippen MR) is 66.3 cm³/mol. The molecule has 3 heteroatoms. The largest absolute Gasteiger partial charge is 0.481 e. The standard InChI is InChI=1S/C14H16O3/c15-11-13(12-7-3-1-4-8-12)9-5-2-6-10-14(16)17/h1,3-4,7-8H,2,5-6,9-10H2,(H,16,17). The third kappa shape index (κ3) is 5.14. The number of unbranched alkanes of at least 4 members (excludes halogenated alkanes) is 2. The third-order valence-corrected chi connectivity index (χ3v) is 2.56. The molecule has 0 saturated carbocycles. The monoisotopic (exact) mass is 232 g/mol. The first kappa shape index (κ1) is 13.2. The molecule has 1 N–H and O–H groups in total. The Morgan fingerprint density at radius 1 is 1.06 bits per heavy atom. The van der Waals surface area contributed by atoms with Gasteiger partial charge in [-0.3, -0.25) is 4.79 Å². The van der Waals surface area contributed by atoms with Crippen LogP contribution in [0.2, 0.25) is 0 Å². The van der Waals surface area contributed by atoms with Gasteiger partial charge >= 0.3 is 5.97 Å². The molecule has 0 radical (unpaired) electrons. The van der Waals surface area contributed by atoms with Crippen LogP contribution in [0.1, 0.15) is 37.7 Å². The Hall–Kier alpha value is -1.86. The average molecular weight is 232 g/mol. The highest BCUT2D eigenvalue weighted by molar-refractivity contribution is 5.87. The SMILES string of the molecule is O=C=C(CCCCCC(=O)O)c1ccccc1. The maximum absolute atomic E-state index is 10.8. The molecule has 0 bridgehead atoms. The molecular weight excluding hydrogens is 216 g/mol. The molecule has 90 valence electrons. The van der Waals surface area contributed by atoms with Crippen LogP contribution in [0.25, 0.3) is 5.57 Å². The molecule has 0 aliphatic rings. The van der Waals surface area contributed by atoms with Gasteiger partial charge in [0.05, 0.1) is 0 Å². The fourth-order valence-corrected chi connectivity index (χ4v) is 1.65. The number of hydrogen-bond donors (Lipinski definition) is 1. The third-order valence-electron chi connectivity index (χ3n) is 2.56. The Bertz CT molecular complexity index is 403. The summed E-state index contributed by atoms with van der Waals surface area (Å²) < 4.78 is 0. The number of carboxylic acid groups (broad SMARTS) is 1. The molecule has 0 aliphatic carbocycles. The van der Waals surface area contributed by atoms with Crippen LogP contribution in [0.5, 0.6) is 0 Å². The van der Waals surface area contributed by atoms with Crippen molar-refractivity contribution < 1.29 is 14.7 Å². The molecule has 0 fully saturated rings. The predicted octanol–water partition coefficient (Wildman–Crippen LogP) is 2.94. The van der Waals surface area contributed by atoms with E-state index < -0.39 is 5.97 Å². The van der Waals surface area contributed by atoms with Gasteiger partial charge in [-0.15, -0.1) is 0 Å². The molecule has 0 heterocycles. The normalized spacial score (nSPS) is 9.65. The molecule has 1 rings (SSSR count). The van der Waals surface area contributed by atoms with Gasteiger partial charge in [0.25, 0.3) is 0 Å². The van der Waals surface area contributed by atoms with Crippen molar-refractivity contribution in [2.24, 2.45) is 0 Å². The van der Waals surface area contributed by atoms with Crippen molar-refractivity contribution in [2.45, 2.75) is 32.1 Å². The number of carbonyl (C=O) groups is 1. The zero-order valence-electron chi connectivity index (χ0n) is 9.69. The average Bonchev–Trinajstić information content (AvgIpc) is 2.34. The maximum atomic E-state index is 10.8. The topological polar surface area (TPSA) is 54.4 Å². The summed E-state index contributed by atoms with van der Waals surface area (Å²) in [6.07, 6.45) is 3.17. The van der Waals surface area contributed by atoms with Crippen molar-refractivity contribution in [3.8, 4) is 0 Å². The first-order chi connectivity index (χ1) is 8.24. The maximum Gasteiger partial charge on any atom is 0.303 e. The van der Waals surface area contributed by atoms with E-state index in [0.29, 0.717) is 18.4 Å². The van der Waals surface area contributed by atoms with E-state index in [1.807, 2.05) is 36.3 Å². The number of carboxylic acids is 1. The molecule has 0 aliphatic heterocycles. The van der Waals surface area contributed by atoms with Crippen molar-refractivity contribution in [1.82, 2.24) is 0 Å². The van der Waals surface area contributed by atoms with Crippen LogP contribution in [-0.4, -0.2) is 17.0 Å². The van der Waals surface area contributed by atoms with Gasteiger partial charge in [-0.1, -0.05) is 36.8 Å². The van der Waals surface area contributed by atoms with E-state index in [4.69, 9.17) is 5.11 Å². The molecule has 0 saturated heterocycles. The second-order valence-corrected chi connectivity index (χ2v) is 3.90. The summed E-state index contributed by atoms with van der Waals surface area (Å²) in [5, 5.41) is 8.48. The summed E-state index contributed by atoms with van der Waals surface area (Å²) in [5.74, 6) is 1.20. The summed E-state index contributed by atoms with van der Waals surface area (Å²) >= 11 is 0. The lowest BCUT2D eigenvalue weighted by atomic mass is 10.0. The number of benzene rings is 1. The van der Waals surface area contributed by atoms with Gasteiger partial charge in [0.2, 0.25) is 0 Å². The fraction of sp³-hybridized carbons (Fsp3) is 0.357. The summed E-state index contributed by atoms with van der Waals surface area (Å²) in [5.41, 5.74) is 1.57. The van der Waals surface area contributed by atoms with E-state index in [1.54, 1.807) is 0 Å². The number of aliphatic carboxylic acids is 1. The van der Waals surface area contributed by atoms with Gasteiger partial charge in [-0.05, 0) is 24.8 Å². The number of hydrogen-bond acceptors (Lipinski definition) is 2. The molecule has 0 aromatic heterocycles. The first-order valence-electron chi connectivity index (χ1n) is 5.75. The van der Waals surface area contributed by atoms with Gasteiger partial charge in [0, 0.05) is 12.0 Å². The smallest absolute Gasteiger partial charge is 0.303 e. The first-order valence-corrected chi connectivity index (χ1v) is 5.75. The summed E-state index contributed by atoms with van der Waals surface area (Å²) in [7, 11) is 0. The molecular formula is C14H16O3. The van der Waals surface area contributed by atoms with E-state index in [2.05, 4.69) is 0 Å². The van der Waals surface area contributed by atoms with Crippen LogP contribution in [0, 0.1) is 0 Å². The minimum atomic E-state index is -0.765. The second kappa shape index (κ2) is 7.42. The number of carbonyl (C=O) groups excluding carboxylic acids is 1. The van der Waals surface area contributed by atoms with Crippen molar-refractivity contribution >= 4 is 17.5 Å². The summed E-state index contributed by atoms with van der Waals surface area (Å²) in [4.78, 5) is 21.1. The van der Waals surface area contributed by atoms with E-state index in [1.165, 1.54) is 0 Å². The van der Waals surface area contributed by atoms with Crippen LogP contribution < -0.4 is 0 Å². The van der Waals surface area contributed by atoms with E-state index in [0.717, 1.165) is 18.4 Å². The van der Waals surface area contributed by atoms with Gasteiger partial charge in [0.15, 0.2) is 0 Å². The van der Waals surface area contributed by atoms with E-state index in [-0.39, 0.29) is 6.42 Å². The lowest BCUT2D eigenvalue weighted by Gasteiger charge is -2.03. The highest BCUT2D eigenvalue weighted by Gasteiger charge is 2.02. The van der Waals surface area contributed by atoms with Crippen molar-refractivity contribution in [3.05, 3.63) is 35.9 Å². The molecule has 0 unspecified atom stereocenters. The highest BCUT2D eigenvalue weighted by atomic mass is 16.4. The zero-order chi connectivity index (χ0) is 12.5. The Balaban J connectivity index is 2.35. The lowest BCUT2D eigenvalue weighted by molar-refractivity contribution is -0.137. The molecule has 0 atom stereocenters. The quantitative estimate of drug-likeness (QED) is 0.581. The summed E-state index contributed by atoms with van der Waals surface area (Å²) in [6.45, 7) is 0. The van der Waals surface area contributed by atoms with Crippen molar-refractivity contribution in [3.63, 3.8) is 0 Å². The van der Waals surface area contributed by atoms with Crippen LogP contribution in [0.4, 0.5) is 0 Å². The summed E-state index contributed by atoms with van der Waals surface area (Å²) in [6, 6.07) is 9.45. The fourth-order valence-electron chi connectivity index (χ4n) is 1.65. The van der Waals surface area contributed by atoms with E-state index >= 15 is 0 Å². The molecule has 1 aromatic rings. The van der Waals surface area contributed by atoms with Crippen LogP contribution in [0.3, 0.4) is 0 Å². The molecule has 1 aromatic carbocycles. The number of rotatable bonds is 7. The lowest BCUT2D eigenvalue weighted by Crippen LogP contribution is -1.94. The minimum absolute atomic E-state index is 0.200. The van der Waals surface area contributed by atoms with Gasteiger partial charge < -0.3 is 5.11 Å². The number of allylic oxidation sites excluding steroid dienone is 1. The molecule has 17 heavy (non-hydrogen) atoms. The Kier molecular flexibility index (Phi) is 5.76. The second-order valence-electron chi connectivity index (χ2n) is 3.90. The van der Waals surface area contributed by atoms with Crippen LogP contribution >= 0.6 is 0 Å². The zero-order valence-corrected chi connectivity index (χ0v) is 9.69. The van der Waals surface area contributed by atoms with Crippen molar-refractivity contribution in [2.75, 3.05) is 0 Å². The van der Waals surface area contributed by atoms with Crippen LogP contribution in [0.15, 0.2) is 30.3 Å². The van der Waals surface area contributed by atoms with Gasteiger partial charge in [0.1, 0.15) is 5.94 Å². The highest BCUT2D eigenvalue weighted by Crippen LogP contribution is 2.18. The molecule has 0 amide bonds. The Morgan fingerprint density at radius 3 is 2.29 bits per heavy atom. The van der Waals surface area contributed by atoms with E-state index in [9.17, 15) is 9.59 Å². The molecule has 0 spiro atoms. The Labute approximate surface area is 101 Å². The Morgan fingerprint density at radius 2 is 1.71 bits per heavy atom. The minimum Gasteiger partial charge on any atom is -0.481 e. The van der Waals surface area contributed by atoms with Crippen LogP contribution in [-0.2, 0) is 9.59 Å².